The Labute approximate surface area is 80.0 Å². The topological polar surface area (TPSA) is 47.3 Å². The first-order valence-corrected chi connectivity index (χ1v) is 4.98. The van der Waals surface area contributed by atoms with Crippen molar-refractivity contribution in [3.8, 4) is 6.07 Å². The number of nitrogens with zero attached hydrogens (tertiary/aromatic N) is 2. The molecule has 0 radical (unpaired) electrons. The average molecular weight is 182 g/mol. The summed E-state index contributed by atoms with van der Waals surface area (Å²) < 4.78 is 0. The first-order chi connectivity index (χ1) is 6.15. The second-order valence-electron chi connectivity index (χ2n) is 3.91. The molecule has 74 valence electrons. The van der Waals surface area contributed by atoms with E-state index in [1.54, 1.807) is 0 Å². The molecule has 3 heteroatoms. The summed E-state index contributed by atoms with van der Waals surface area (Å²) in [5, 5.41) is 18.4. The summed E-state index contributed by atoms with van der Waals surface area (Å²) in [6.07, 6.45) is 2.39. The van der Waals surface area contributed by atoms with E-state index in [-0.39, 0.29) is 0 Å². The van der Waals surface area contributed by atoms with Crippen molar-refractivity contribution in [1.82, 2.24) is 4.90 Å². The standard InChI is InChI=1S/C10H18N2O/c1-3-9(5-6-11)12-7-10(13,4-2)8-12/h9,13H,3-5,7-8H2,1-2H3. The summed E-state index contributed by atoms with van der Waals surface area (Å²) in [7, 11) is 0. The van der Waals surface area contributed by atoms with Crippen LogP contribution in [-0.2, 0) is 0 Å². The summed E-state index contributed by atoms with van der Waals surface area (Å²) in [5.74, 6) is 0. The molecule has 0 saturated carbocycles. The third kappa shape index (κ3) is 2.20. The van der Waals surface area contributed by atoms with Crippen molar-refractivity contribution in [1.29, 1.82) is 5.26 Å². The summed E-state index contributed by atoms with van der Waals surface area (Å²) in [5.41, 5.74) is -0.469. The van der Waals surface area contributed by atoms with Crippen LogP contribution < -0.4 is 0 Å². The highest BCUT2D eigenvalue weighted by atomic mass is 16.3. The molecule has 0 aromatic carbocycles. The smallest absolute Gasteiger partial charge is 0.0897 e. The van der Waals surface area contributed by atoms with Gasteiger partial charge in [0.1, 0.15) is 0 Å². The largest absolute Gasteiger partial charge is 0.387 e. The van der Waals surface area contributed by atoms with Gasteiger partial charge in [0.25, 0.3) is 0 Å². The Morgan fingerprint density at radius 3 is 2.54 bits per heavy atom. The van der Waals surface area contributed by atoms with Crippen molar-refractivity contribution in [2.24, 2.45) is 0 Å². The highest BCUT2D eigenvalue weighted by molar-refractivity contribution is 4.98. The van der Waals surface area contributed by atoms with Gasteiger partial charge < -0.3 is 5.11 Å². The third-order valence-electron chi connectivity index (χ3n) is 2.97. The Morgan fingerprint density at radius 1 is 1.54 bits per heavy atom. The third-order valence-corrected chi connectivity index (χ3v) is 2.97. The molecule has 1 fully saturated rings. The lowest BCUT2D eigenvalue weighted by Gasteiger charge is -2.49. The van der Waals surface area contributed by atoms with Crippen molar-refractivity contribution in [2.75, 3.05) is 13.1 Å². The molecule has 0 amide bonds. The molecule has 0 bridgehead atoms. The van der Waals surface area contributed by atoms with Crippen molar-refractivity contribution < 1.29 is 5.11 Å². The minimum atomic E-state index is -0.469. The van der Waals surface area contributed by atoms with Gasteiger partial charge in [-0.1, -0.05) is 13.8 Å². The van der Waals surface area contributed by atoms with Gasteiger partial charge in [-0.3, -0.25) is 4.90 Å². The predicted octanol–water partition coefficient (Wildman–Crippen LogP) is 1.14. The maximum atomic E-state index is 9.78. The first-order valence-electron chi connectivity index (χ1n) is 4.98. The lowest BCUT2D eigenvalue weighted by Crippen LogP contribution is -2.64. The molecule has 0 aromatic rings. The molecule has 1 saturated heterocycles. The van der Waals surface area contributed by atoms with Gasteiger partial charge in [0.05, 0.1) is 18.1 Å². The lowest BCUT2D eigenvalue weighted by molar-refractivity contribution is -0.116. The Morgan fingerprint density at radius 2 is 2.15 bits per heavy atom. The van der Waals surface area contributed by atoms with Gasteiger partial charge >= 0.3 is 0 Å². The molecule has 1 aliphatic heterocycles. The maximum absolute atomic E-state index is 9.78. The van der Waals surface area contributed by atoms with E-state index in [9.17, 15) is 5.11 Å². The molecule has 1 unspecified atom stereocenters. The number of likely N-dealkylation sites (tertiary alicyclic amines) is 1. The van der Waals surface area contributed by atoms with Crippen LogP contribution >= 0.6 is 0 Å². The maximum Gasteiger partial charge on any atom is 0.0897 e. The molecule has 0 aromatic heterocycles. The predicted molar refractivity (Wildman–Crippen MR) is 51.1 cm³/mol. The highest BCUT2D eigenvalue weighted by Crippen LogP contribution is 2.27. The molecule has 1 atom stereocenters. The van der Waals surface area contributed by atoms with E-state index in [1.807, 2.05) is 6.92 Å². The van der Waals surface area contributed by atoms with Crippen LogP contribution in [0, 0.1) is 11.3 Å². The van der Waals surface area contributed by atoms with E-state index in [2.05, 4.69) is 17.9 Å². The zero-order valence-electron chi connectivity index (χ0n) is 8.45. The molecule has 1 aliphatic rings. The van der Waals surface area contributed by atoms with E-state index in [0.717, 1.165) is 25.9 Å². The number of hydrogen-bond acceptors (Lipinski definition) is 3. The van der Waals surface area contributed by atoms with Crippen LogP contribution in [0.3, 0.4) is 0 Å². The average Bonchev–Trinajstić information content (AvgIpc) is 2.09. The first kappa shape index (κ1) is 10.5. The van der Waals surface area contributed by atoms with Gasteiger partial charge in [-0.25, -0.2) is 0 Å². The van der Waals surface area contributed by atoms with E-state index < -0.39 is 5.60 Å². The summed E-state index contributed by atoms with van der Waals surface area (Å²) >= 11 is 0. The normalized spacial score (nSPS) is 23.2. The fourth-order valence-electron chi connectivity index (χ4n) is 1.83. The quantitative estimate of drug-likeness (QED) is 0.709. The van der Waals surface area contributed by atoms with Crippen LogP contribution in [0.25, 0.3) is 0 Å². The molecule has 3 nitrogen and oxygen atoms in total. The Hall–Kier alpha value is -0.590. The second kappa shape index (κ2) is 4.08. The van der Waals surface area contributed by atoms with Crippen LogP contribution in [0.4, 0.5) is 0 Å². The van der Waals surface area contributed by atoms with E-state index in [1.165, 1.54) is 0 Å². The molecular formula is C10H18N2O. The molecule has 0 aliphatic carbocycles. The number of hydrogen-bond donors (Lipinski definition) is 1. The SMILES string of the molecule is CCC(CC#N)N1CC(O)(CC)C1. The molecule has 0 spiro atoms. The lowest BCUT2D eigenvalue weighted by atomic mass is 9.88. The van der Waals surface area contributed by atoms with Crippen LogP contribution in [0.2, 0.25) is 0 Å². The zero-order valence-corrected chi connectivity index (χ0v) is 8.45. The number of rotatable bonds is 4. The molecular weight excluding hydrogens is 164 g/mol. The van der Waals surface area contributed by atoms with E-state index in [0.29, 0.717) is 12.5 Å². The Bertz CT molecular complexity index is 203. The Kier molecular flexibility index (Phi) is 3.29. The summed E-state index contributed by atoms with van der Waals surface area (Å²) in [4.78, 5) is 2.20. The monoisotopic (exact) mass is 182 g/mol. The zero-order chi connectivity index (χ0) is 9.90. The second-order valence-corrected chi connectivity index (χ2v) is 3.91. The summed E-state index contributed by atoms with van der Waals surface area (Å²) in [6, 6.07) is 2.53. The fourth-order valence-corrected chi connectivity index (χ4v) is 1.83. The van der Waals surface area contributed by atoms with Gasteiger partial charge in [0.2, 0.25) is 0 Å². The molecule has 13 heavy (non-hydrogen) atoms. The number of nitriles is 1. The minimum Gasteiger partial charge on any atom is -0.387 e. The Balaban J connectivity index is 2.37. The van der Waals surface area contributed by atoms with Gasteiger partial charge in [-0.15, -0.1) is 0 Å². The summed E-state index contributed by atoms with van der Waals surface area (Å²) in [6.45, 7) is 5.57. The van der Waals surface area contributed by atoms with Gasteiger partial charge in [-0.2, -0.15) is 5.26 Å². The number of aliphatic hydroxyl groups is 1. The van der Waals surface area contributed by atoms with E-state index in [4.69, 9.17) is 5.26 Å². The van der Waals surface area contributed by atoms with Crippen molar-refractivity contribution >= 4 is 0 Å². The number of β-amino-alcohol motifs (C(OH)–C–C–N with tert-alkyl or cyclic N) is 1. The molecule has 1 heterocycles. The minimum absolute atomic E-state index is 0.344. The van der Waals surface area contributed by atoms with Crippen LogP contribution in [0.1, 0.15) is 33.1 Å². The van der Waals surface area contributed by atoms with Crippen molar-refractivity contribution in [3.63, 3.8) is 0 Å². The molecule has 1 rings (SSSR count). The van der Waals surface area contributed by atoms with Gasteiger partial charge in [-0.05, 0) is 12.8 Å². The van der Waals surface area contributed by atoms with Crippen LogP contribution in [0.5, 0.6) is 0 Å². The van der Waals surface area contributed by atoms with Gasteiger partial charge in [0, 0.05) is 19.1 Å². The highest BCUT2D eigenvalue weighted by Gasteiger charge is 2.41. The van der Waals surface area contributed by atoms with Crippen molar-refractivity contribution in [3.05, 3.63) is 0 Å². The van der Waals surface area contributed by atoms with Crippen LogP contribution in [0.15, 0.2) is 0 Å². The fraction of sp³-hybridized carbons (Fsp3) is 0.900. The van der Waals surface area contributed by atoms with Gasteiger partial charge in [0.15, 0.2) is 0 Å². The molecule has 1 N–H and O–H groups in total. The van der Waals surface area contributed by atoms with Crippen molar-refractivity contribution in [2.45, 2.75) is 44.8 Å². The van der Waals surface area contributed by atoms with Crippen LogP contribution in [-0.4, -0.2) is 34.7 Å². The van der Waals surface area contributed by atoms with E-state index >= 15 is 0 Å².